The van der Waals surface area contributed by atoms with Gasteiger partial charge in [-0.15, -0.1) is 12.4 Å². The lowest BCUT2D eigenvalue weighted by molar-refractivity contribution is 0.134. The molecule has 3 N–H and O–H groups in total. The monoisotopic (exact) mass is 363 g/mol. The zero-order chi connectivity index (χ0) is 17.5. The van der Waals surface area contributed by atoms with Crippen LogP contribution in [0.4, 0.5) is 10.2 Å². The molecule has 0 spiro atoms. The Hall–Kier alpha value is -2.51. The summed E-state index contributed by atoms with van der Waals surface area (Å²) in [6.07, 6.45) is 3.18. The zero-order valence-corrected chi connectivity index (χ0v) is 14.9. The number of hydrogen-bond donors (Lipinski definition) is 2. The van der Waals surface area contributed by atoms with E-state index in [9.17, 15) is 9.50 Å². The summed E-state index contributed by atoms with van der Waals surface area (Å²) in [4.78, 5) is 13.1. The van der Waals surface area contributed by atoms with Gasteiger partial charge in [0.2, 0.25) is 0 Å². The van der Waals surface area contributed by atoms with Crippen molar-refractivity contribution in [3.8, 4) is 11.4 Å². The number of halogens is 2. The summed E-state index contributed by atoms with van der Waals surface area (Å²) in [6.45, 7) is 3.30. The standard InChI is InChI=1S/C17H18FN5O.ClH/c1-17(2,24)8-7-12-20-14(19)13-16(21-12)23(3)15(22-13)10-5-4-6-11(18)9-10;/h4-9,24H,1-3H3,(H2,19,20,21);1H/b8-7-;. The number of nitrogens with two attached hydrogens (primary N) is 1. The van der Waals surface area contributed by atoms with Crippen LogP contribution >= 0.6 is 12.4 Å². The van der Waals surface area contributed by atoms with E-state index in [1.54, 1.807) is 49.7 Å². The number of fused-ring (bicyclic) bond motifs is 1. The van der Waals surface area contributed by atoms with Crippen molar-refractivity contribution < 1.29 is 9.50 Å². The van der Waals surface area contributed by atoms with Gasteiger partial charge in [0.15, 0.2) is 22.8 Å². The number of aromatic nitrogens is 4. The molecule has 0 fully saturated rings. The molecule has 0 radical (unpaired) electrons. The van der Waals surface area contributed by atoms with Gasteiger partial charge >= 0.3 is 0 Å². The third-order valence-electron chi connectivity index (χ3n) is 3.49. The van der Waals surface area contributed by atoms with Crippen molar-refractivity contribution in [1.82, 2.24) is 19.5 Å². The van der Waals surface area contributed by atoms with Crippen LogP contribution in [0, 0.1) is 5.82 Å². The van der Waals surface area contributed by atoms with Crippen LogP contribution in [-0.4, -0.2) is 30.2 Å². The molecule has 0 saturated heterocycles. The van der Waals surface area contributed by atoms with Crippen molar-refractivity contribution >= 4 is 35.5 Å². The Balaban J connectivity index is 0.00000225. The van der Waals surface area contributed by atoms with Crippen LogP contribution in [-0.2, 0) is 7.05 Å². The molecule has 3 aromatic rings. The molecule has 0 bridgehead atoms. The van der Waals surface area contributed by atoms with Gasteiger partial charge < -0.3 is 15.4 Å². The highest BCUT2D eigenvalue weighted by molar-refractivity contribution is 5.86. The summed E-state index contributed by atoms with van der Waals surface area (Å²) in [5.74, 6) is 0.811. The minimum Gasteiger partial charge on any atom is -0.386 e. The van der Waals surface area contributed by atoms with E-state index >= 15 is 0 Å². The minimum atomic E-state index is -0.980. The molecule has 132 valence electrons. The largest absolute Gasteiger partial charge is 0.386 e. The molecule has 0 aliphatic carbocycles. The maximum Gasteiger partial charge on any atom is 0.166 e. The van der Waals surface area contributed by atoms with E-state index in [-0.39, 0.29) is 24.0 Å². The summed E-state index contributed by atoms with van der Waals surface area (Å²) in [5, 5.41) is 9.77. The Bertz CT molecular complexity index is 946. The van der Waals surface area contributed by atoms with Crippen LogP contribution in [0.1, 0.15) is 19.7 Å². The van der Waals surface area contributed by atoms with E-state index in [0.717, 1.165) is 0 Å². The molecule has 3 rings (SSSR count). The number of benzene rings is 1. The first-order valence-electron chi connectivity index (χ1n) is 7.42. The van der Waals surface area contributed by atoms with E-state index in [1.165, 1.54) is 12.1 Å². The van der Waals surface area contributed by atoms with E-state index < -0.39 is 5.60 Å². The zero-order valence-electron chi connectivity index (χ0n) is 14.1. The van der Waals surface area contributed by atoms with Crippen molar-refractivity contribution in [1.29, 1.82) is 0 Å². The fourth-order valence-corrected chi connectivity index (χ4v) is 2.34. The van der Waals surface area contributed by atoms with E-state index in [0.29, 0.717) is 28.4 Å². The summed E-state index contributed by atoms with van der Waals surface area (Å²) >= 11 is 0. The second kappa shape index (κ2) is 6.78. The Labute approximate surface area is 150 Å². The molecular formula is C17H19ClFN5O. The molecule has 6 nitrogen and oxygen atoms in total. The summed E-state index contributed by atoms with van der Waals surface area (Å²) < 4.78 is 15.2. The number of aliphatic hydroxyl groups is 1. The normalized spacial score (nSPS) is 11.9. The minimum absolute atomic E-state index is 0. The number of nitrogens with zero attached hydrogens (tertiary/aromatic N) is 4. The molecule has 0 aliphatic rings. The smallest absolute Gasteiger partial charge is 0.166 e. The molecule has 0 atom stereocenters. The predicted octanol–water partition coefficient (Wildman–Crippen LogP) is 2.96. The quantitative estimate of drug-likeness (QED) is 0.746. The summed E-state index contributed by atoms with van der Waals surface area (Å²) in [7, 11) is 1.78. The Morgan fingerprint density at radius 1 is 1.24 bits per heavy atom. The molecule has 1 aromatic carbocycles. The van der Waals surface area contributed by atoms with Gasteiger partial charge in [-0.3, -0.25) is 0 Å². The van der Waals surface area contributed by atoms with Gasteiger partial charge in [-0.2, -0.15) is 0 Å². The van der Waals surface area contributed by atoms with E-state index in [2.05, 4.69) is 15.0 Å². The van der Waals surface area contributed by atoms with Crippen molar-refractivity contribution in [3.05, 3.63) is 42.0 Å². The lowest BCUT2D eigenvalue weighted by Crippen LogP contribution is -2.13. The second-order valence-electron chi connectivity index (χ2n) is 6.13. The highest BCUT2D eigenvalue weighted by Crippen LogP contribution is 2.25. The first kappa shape index (κ1) is 18.8. The molecule has 2 heterocycles. The third kappa shape index (κ3) is 3.94. The first-order valence-corrected chi connectivity index (χ1v) is 7.42. The molecule has 25 heavy (non-hydrogen) atoms. The topological polar surface area (TPSA) is 89.9 Å². The highest BCUT2D eigenvalue weighted by atomic mass is 35.5. The van der Waals surface area contributed by atoms with Crippen molar-refractivity contribution in [2.45, 2.75) is 19.4 Å². The number of rotatable bonds is 3. The third-order valence-corrected chi connectivity index (χ3v) is 3.49. The fraction of sp³-hybridized carbons (Fsp3) is 0.235. The number of nitrogen functional groups attached to an aromatic ring is 1. The maximum atomic E-state index is 13.5. The maximum absolute atomic E-state index is 13.5. The van der Waals surface area contributed by atoms with Crippen LogP contribution in [0.3, 0.4) is 0 Å². The predicted molar refractivity (Wildman–Crippen MR) is 98.7 cm³/mol. The molecule has 2 aromatic heterocycles. The van der Waals surface area contributed by atoms with Crippen LogP contribution in [0.15, 0.2) is 30.3 Å². The fourth-order valence-electron chi connectivity index (χ4n) is 2.34. The van der Waals surface area contributed by atoms with Gasteiger partial charge in [0, 0.05) is 12.6 Å². The second-order valence-corrected chi connectivity index (χ2v) is 6.13. The average molecular weight is 364 g/mol. The van der Waals surface area contributed by atoms with Crippen LogP contribution in [0.25, 0.3) is 28.6 Å². The first-order chi connectivity index (χ1) is 11.2. The van der Waals surface area contributed by atoms with Gasteiger partial charge in [-0.05, 0) is 38.1 Å². The van der Waals surface area contributed by atoms with E-state index in [1.807, 2.05) is 0 Å². The molecule has 8 heteroatoms. The lowest BCUT2D eigenvalue weighted by Gasteiger charge is -2.09. The van der Waals surface area contributed by atoms with Crippen LogP contribution < -0.4 is 5.73 Å². The van der Waals surface area contributed by atoms with E-state index in [4.69, 9.17) is 5.73 Å². The van der Waals surface area contributed by atoms with Crippen molar-refractivity contribution in [2.24, 2.45) is 7.05 Å². The van der Waals surface area contributed by atoms with Crippen molar-refractivity contribution in [3.63, 3.8) is 0 Å². The molecule has 0 unspecified atom stereocenters. The Morgan fingerprint density at radius 2 is 1.96 bits per heavy atom. The lowest BCUT2D eigenvalue weighted by atomic mass is 10.1. The molecule has 0 aliphatic heterocycles. The SMILES string of the molecule is Cl.Cn1c(-c2cccc(F)c2)nc2c(N)nc(/C=C\C(C)(C)O)nc21. The van der Waals surface area contributed by atoms with Gasteiger partial charge in [0.25, 0.3) is 0 Å². The average Bonchev–Trinajstić information content (AvgIpc) is 2.83. The van der Waals surface area contributed by atoms with Crippen molar-refractivity contribution in [2.75, 3.05) is 5.73 Å². The Morgan fingerprint density at radius 3 is 2.60 bits per heavy atom. The number of aryl methyl sites for hydroxylation is 1. The molecule has 0 amide bonds. The molecule has 0 saturated carbocycles. The van der Waals surface area contributed by atoms with Gasteiger partial charge in [-0.25, -0.2) is 19.3 Å². The highest BCUT2D eigenvalue weighted by Gasteiger charge is 2.16. The Kier molecular flexibility index (Phi) is 5.10. The van der Waals surface area contributed by atoms with Gasteiger partial charge in [-0.1, -0.05) is 12.1 Å². The summed E-state index contributed by atoms with van der Waals surface area (Å²) in [6, 6.07) is 6.17. The van der Waals surface area contributed by atoms with Gasteiger partial charge in [0.05, 0.1) is 5.60 Å². The van der Waals surface area contributed by atoms with Crippen LogP contribution in [0.5, 0.6) is 0 Å². The van der Waals surface area contributed by atoms with Crippen LogP contribution in [0.2, 0.25) is 0 Å². The number of hydrogen-bond acceptors (Lipinski definition) is 5. The van der Waals surface area contributed by atoms with Gasteiger partial charge in [0.1, 0.15) is 11.6 Å². The number of imidazole rings is 1. The number of anilines is 1. The summed E-state index contributed by atoms with van der Waals surface area (Å²) in [5.41, 5.74) is 6.63. The molecular weight excluding hydrogens is 345 g/mol.